The molecule has 0 saturated heterocycles. The molecule has 0 aliphatic heterocycles. The Morgan fingerprint density at radius 1 is 0.700 bits per heavy atom. The number of nitroso groups, excluding NO2 is 1. The second-order valence-corrected chi connectivity index (χ2v) is 7.63. The maximum absolute atomic E-state index is 12.5. The van der Waals surface area contributed by atoms with Gasteiger partial charge in [0.05, 0.1) is 24.3 Å². The van der Waals surface area contributed by atoms with Gasteiger partial charge in [-0.15, -0.1) is 4.91 Å². The van der Waals surface area contributed by atoms with E-state index in [1.165, 1.54) is 56.7 Å². The number of carbonyl (C=O) groups excluding carboxylic acids is 2. The van der Waals surface area contributed by atoms with E-state index in [9.17, 15) is 14.5 Å². The van der Waals surface area contributed by atoms with Crippen LogP contribution in [0.5, 0.6) is 0 Å². The first kappa shape index (κ1) is 25.8. The Labute approximate surface area is 180 Å². The van der Waals surface area contributed by atoms with Gasteiger partial charge in [0.1, 0.15) is 5.69 Å². The molecule has 1 rings (SSSR count). The third-order valence-electron chi connectivity index (χ3n) is 5.01. The molecule has 0 heterocycles. The summed E-state index contributed by atoms with van der Waals surface area (Å²) in [7, 11) is 0. The molecule has 0 N–H and O–H groups in total. The fourth-order valence-electron chi connectivity index (χ4n) is 3.19. The molecule has 0 fully saturated rings. The Hall–Kier alpha value is -2.24. The largest absolute Gasteiger partial charge is 0.462 e. The minimum absolute atomic E-state index is 0.0334. The molecule has 0 unspecified atom stereocenters. The molecule has 0 amide bonds. The van der Waals surface area contributed by atoms with E-state index in [1.807, 2.05) is 0 Å². The minimum Gasteiger partial charge on any atom is -0.462 e. The second-order valence-electron chi connectivity index (χ2n) is 7.63. The van der Waals surface area contributed by atoms with Crippen molar-refractivity contribution in [1.82, 2.24) is 0 Å². The highest BCUT2D eigenvalue weighted by Crippen LogP contribution is 2.21. The number of carbonyl (C=O) groups is 2. The van der Waals surface area contributed by atoms with Crippen molar-refractivity contribution in [2.45, 2.75) is 90.9 Å². The molecule has 0 aromatic heterocycles. The van der Waals surface area contributed by atoms with Crippen LogP contribution in [0.3, 0.4) is 0 Å². The van der Waals surface area contributed by atoms with Crippen LogP contribution in [0.4, 0.5) is 5.69 Å². The van der Waals surface area contributed by atoms with E-state index < -0.39 is 11.9 Å². The summed E-state index contributed by atoms with van der Waals surface area (Å²) in [6.45, 7) is 4.94. The van der Waals surface area contributed by atoms with E-state index >= 15 is 0 Å². The van der Waals surface area contributed by atoms with Crippen LogP contribution in [0.15, 0.2) is 23.4 Å². The Morgan fingerprint density at radius 2 is 1.17 bits per heavy atom. The molecular formula is C24H37NO5. The summed E-state index contributed by atoms with van der Waals surface area (Å²) in [6, 6.07) is 4.10. The van der Waals surface area contributed by atoms with Crippen LogP contribution in [-0.2, 0) is 9.47 Å². The van der Waals surface area contributed by atoms with E-state index in [0.29, 0.717) is 6.61 Å². The molecule has 0 aliphatic rings. The highest BCUT2D eigenvalue weighted by Gasteiger charge is 2.20. The Morgan fingerprint density at radius 3 is 1.67 bits per heavy atom. The Balaban J connectivity index is 2.53. The predicted molar refractivity (Wildman–Crippen MR) is 119 cm³/mol. The van der Waals surface area contributed by atoms with Gasteiger partial charge in [-0.3, -0.25) is 0 Å². The lowest BCUT2D eigenvalue weighted by atomic mass is 10.1. The minimum atomic E-state index is -0.624. The monoisotopic (exact) mass is 419 g/mol. The van der Waals surface area contributed by atoms with Crippen LogP contribution in [0.2, 0.25) is 0 Å². The highest BCUT2D eigenvalue weighted by atomic mass is 16.5. The average Bonchev–Trinajstić information content (AvgIpc) is 2.77. The number of esters is 2. The first-order chi connectivity index (χ1) is 14.6. The zero-order valence-corrected chi connectivity index (χ0v) is 18.6. The highest BCUT2D eigenvalue weighted by molar-refractivity contribution is 6.03. The fraction of sp³-hybridized carbons (Fsp3) is 0.667. The zero-order valence-electron chi connectivity index (χ0n) is 18.6. The van der Waals surface area contributed by atoms with Gasteiger partial charge < -0.3 is 9.47 Å². The van der Waals surface area contributed by atoms with Crippen molar-refractivity contribution in [3.8, 4) is 0 Å². The van der Waals surface area contributed by atoms with Gasteiger partial charge in [-0.25, -0.2) is 9.59 Å². The number of unbranched alkanes of at least 4 members (excludes halogenated alkanes) is 10. The van der Waals surface area contributed by atoms with Crippen LogP contribution >= 0.6 is 0 Å². The number of benzene rings is 1. The quantitative estimate of drug-likeness (QED) is 0.152. The summed E-state index contributed by atoms with van der Waals surface area (Å²) < 4.78 is 10.6. The molecule has 30 heavy (non-hydrogen) atoms. The topological polar surface area (TPSA) is 82.0 Å². The molecule has 0 spiro atoms. The SMILES string of the molecule is CCCCCCCCOC(=O)c1ccc(N=O)cc1C(=O)OCCCCCCCC. The van der Waals surface area contributed by atoms with Crippen LogP contribution < -0.4 is 0 Å². The van der Waals surface area contributed by atoms with E-state index in [-0.39, 0.29) is 23.4 Å². The molecule has 0 bridgehead atoms. The zero-order chi connectivity index (χ0) is 22.0. The third-order valence-corrected chi connectivity index (χ3v) is 5.01. The number of hydrogen-bond donors (Lipinski definition) is 0. The van der Waals surface area contributed by atoms with E-state index in [4.69, 9.17) is 9.47 Å². The number of ether oxygens (including phenoxy) is 2. The van der Waals surface area contributed by atoms with Gasteiger partial charge >= 0.3 is 11.9 Å². The van der Waals surface area contributed by atoms with Crippen molar-refractivity contribution in [3.63, 3.8) is 0 Å². The molecule has 1 aromatic rings. The summed E-state index contributed by atoms with van der Waals surface area (Å²) in [5.41, 5.74) is 0.223. The van der Waals surface area contributed by atoms with E-state index in [1.54, 1.807) is 0 Å². The van der Waals surface area contributed by atoms with Crippen LogP contribution in [-0.4, -0.2) is 25.2 Å². The maximum Gasteiger partial charge on any atom is 0.339 e. The van der Waals surface area contributed by atoms with Crippen molar-refractivity contribution < 1.29 is 19.1 Å². The van der Waals surface area contributed by atoms with Gasteiger partial charge in [-0.1, -0.05) is 78.1 Å². The standard InChI is InChI=1S/C24H37NO5/c1-3-5-7-9-11-13-17-29-23(26)21-16-15-20(25-28)19-22(21)24(27)30-18-14-12-10-8-6-4-2/h15-16,19H,3-14,17-18H2,1-2H3. The molecule has 1 aromatic carbocycles. The number of nitrogens with zero attached hydrogens (tertiary/aromatic N) is 1. The molecule has 0 atom stereocenters. The number of rotatable bonds is 17. The van der Waals surface area contributed by atoms with Gasteiger partial charge in [-0.2, -0.15) is 0 Å². The molecular weight excluding hydrogens is 382 g/mol. The van der Waals surface area contributed by atoms with Crippen molar-refractivity contribution in [2.24, 2.45) is 5.18 Å². The summed E-state index contributed by atoms with van der Waals surface area (Å²) >= 11 is 0. The van der Waals surface area contributed by atoms with Crippen molar-refractivity contribution in [3.05, 3.63) is 34.2 Å². The van der Waals surface area contributed by atoms with E-state index in [0.717, 1.165) is 38.5 Å². The molecule has 0 aliphatic carbocycles. The Kier molecular flexibility index (Phi) is 14.2. The lowest BCUT2D eigenvalue weighted by Crippen LogP contribution is -2.15. The smallest absolute Gasteiger partial charge is 0.339 e. The lowest BCUT2D eigenvalue weighted by Gasteiger charge is -2.10. The first-order valence-electron chi connectivity index (χ1n) is 11.5. The molecule has 6 nitrogen and oxygen atoms in total. The predicted octanol–water partition coefficient (Wildman–Crippen LogP) is 7.12. The van der Waals surface area contributed by atoms with E-state index in [2.05, 4.69) is 19.0 Å². The summed E-state index contributed by atoms with van der Waals surface area (Å²) in [5.74, 6) is -1.20. The molecule has 0 saturated carbocycles. The van der Waals surface area contributed by atoms with Gasteiger partial charge in [0, 0.05) is 0 Å². The molecule has 6 heteroatoms. The summed E-state index contributed by atoms with van der Waals surface area (Å²) in [4.78, 5) is 35.8. The van der Waals surface area contributed by atoms with Crippen molar-refractivity contribution in [1.29, 1.82) is 0 Å². The molecule has 168 valence electrons. The Bertz CT molecular complexity index is 644. The average molecular weight is 420 g/mol. The van der Waals surface area contributed by atoms with Gasteiger partial charge in [-0.05, 0) is 36.2 Å². The van der Waals surface area contributed by atoms with Crippen LogP contribution in [0.25, 0.3) is 0 Å². The van der Waals surface area contributed by atoms with Gasteiger partial charge in [0.25, 0.3) is 0 Å². The number of hydrogen-bond acceptors (Lipinski definition) is 6. The normalized spacial score (nSPS) is 10.6. The van der Waals surface area contributed by atoms with Gasteiger partial charge in [0.15, 0.2) is 0 Å². The molecule has 0 radical (unpaired) electrons. The van der Waals surface area contributed by atoms with Crippen LogP contribution in [0.1, 0.15) is 112 Å². The third kappa shape index (κ3) is 10.5. The first-order valence-corrected chi connectivity index (χ1v) is 11.5. The summed E-state index contributed by atoms with van der Waals surface area (Å²) in [6.07, 6.45) is 13.0. The van der Waals surface area contributed by atoms with Crippen molar-refractivity contribution in [2.75, 3.05) is 13.2 Å². The fourth-order valence-corrected chi connectivity index (χ4v) is 3.19. The summed E-state index contributed by atoms with van der Waals surface area (Å²) in [5, 5.41) is 2.85. The lowest BCUT2D eigenvalue weighted by molar-refractivity contribution is 0.0450. The maximum atomic E-state index is 12.5. The van der Waals surface area contributed by atoms with Gasteiger partial charge in [0.2, 0.25) is 0 Å². The van der Waals surface area contributed by atoms with Crippen molar-refractivity contribution >= 4 is 17.6 Å². The second kappa shape index (κ2) is 16.5. The van der Waals surface area contributed by atoms with Crippen LogP contribution in [0, 0.1) is 4.91 Å².